The Morgan fingerprint density at radius 3 is 3.15 bits per heavy atom. The van der Waals surface area contributed by atoms with Crippen LogP contribution >= 0.6 is 0 Å². The molecule has 0 bridgehead atoms. The zero-order valence-electron chi connectivity index (χ0n) is 7.18. The molecule has 2 aromatic heterocycles. The molecule has 6 nitrogen and oxygen atoms in total. The first-order valence-electron chi connectivity index (χ1n) is 3.87. The number of H-pyrrole nitrogens is 1. The van der Waals surface area contributed by atoms with Gasteiger partial charge in [-0.2, -0.15) is 0 Å². The van der Waals surface area contributed by atoms with Crippen LogP contribution in [-0.2, 0) is 13.6 Å². The minimum Gasteiger partial charge on any atom is -0.385 e. The van der Waals surface area contributed by atoms with E-state index in [2.05, 4.69) is 25.9 Å². The van der Waals surface area contributed by atoms with Crippen LogP contribution in [0.15, 0.2) is 18.3 Å². The highest BCUT2D eigenvalue weighted by atomic mass is 15.5. The van der Waals surface area contributed by atoms with Crippen molar-refractivity contribution in [2.75, 3.05) is 0 Å². The van der Waals surface area contributed by atoms with Gasteiger partial charge in [0.05, 0.1) is 5.95 Å². The van der Waals surface area contributed by atoms with Gasteiger partial charge in [-0.3, -0.25) is 15.4 Å². The molecule has 68 valence electrons. The normalized spacial score (nSPS) is 10.2. The number of aromatic amines is 1. The van der Waals surface area contributed by atoms with Gasteiger partial charge in [0.15, 0.2) is 0 Å². The molecule has 0 saturated carbocycles. The third kappa shape index (κ3) is 1.66. The van der Waals surface area contributed by atoms with Crippen LogP contribution in [0.1, 0.15) is 5.69 Å². The maximum atomic E-state index is 4.13. The molecule has 0 aliphatic carbocycles. The van der Waals surface area contributed by atoms with Crippen molar-refractivity contribution < 1.29 is 0 Å². The molecule has 0 saturated heterocycles. The summed E-state index contributed by atoms with van der Waals surface area (Å²) in [6.07, 6.45) is 1.97. The highest BCUT2D eigenvalue weighted by molar-refractivity contribution is 5.29. The molecule has 0 atom stereocenters. The van der Waals surface area contributed by atoms with E-state index in [1.54, 1.807) is 0 Å². The van der Waals surface area contributed by atoms with Crippen molar-refractivity contribution in [3.05, 3.63) is 29.3 Å². The van der Waals surface area contributed by atoms with Gasteiger partial charge in [-0.15, -0.1) is 5.21 Å². The fourth-order valence-corrected chi connectivity index (χ4v) is 1.04. The van der Waals surface area contributed by atoms with Gasteiger partial charge in [-0.05, 0) is 12.1 Å². The Morgan fingerprint density at radius 2 is 2.54 bits per heavy atom. The van der Waals surface area contributed by atoms with Crippen LogP contribution in [0.25, 0.3) is 5.32 Å². The van der Waals surface area contributed by atoms with Gasteiger partial charge in [0, 0.05) is 25.5 Å². The number of nitrogens with zero attached hydrogens (tertiary/aromatic N) is 5. The summed E-state index contributed by atoms with van der Waals surface area (Å²) in [7, 11) is 1.97. The Morgan fingerprint density at radius 1 is 1.62 bits per heavy atom. The number of tetrazole rings is 1. The van der Waals surface area contributed by atoms with Crippen LogP contribution in [0.2, 0.25) is 0 Å². The quantitative estimate of drug-likeness (QED) is 0.751. The van der Waals surface area contributed by atoms with Crippen molar-refractivity contribution in [1.82, 2.24) is 25.2 Å². The minimum atomic E-state index is 0.390. The van der Waals surface area contributed by atoms with Crippen LogP contribution in [0.4, 0.5) is 5.95 Å². The molecule has 0 fully saturated rings. The summed E-state index contributed by atoms with van der Waals surface area (Å²) in [6, 6.07) is 3.98. The van der Waals surface area contributed by atoms with E-state index in [1.807, 2.05) is 29.9 Å². The van der Waals surface area contributed by atoms with E-state index >= 15 is 0 Å². The average molecular weight is 177 g/mol. The fourth-order valence-electron chi connectivity index (χ4n) is 1.04. The van der Waals surface area contributed by atoms with Gasteiger partial charge in [0.2, 0.25) is 0 Å². The summed E-state index contributed by atoms with van der Waals surface area (Å²) in [5, 5.41) is 17.3. The molecular weight excluding hydrogens is 168 g/mol. The lowest BCUT2D eigenvalue weighted by atomic mass is 10.4. The molecule has 2 rings (SSSR count). The number of rotatable bonds is 3. The van der Waals surface area contributed by atoms with E-state index in [-0.39, 0.29) is 0 Å². The zero-order chi connectivity index (χ0) is 9.10. The molecule has 0 aromatic carbocycles. The molecule has 0 amide bonds. The molecule has 0 aliphatic rings. The Bertz CT molecular complexity index is 362. The van der Waals surface area contributed by atoms with E-state index in [1.165, 1.54) is 0 Å². The predicted octanol–water partition coefficient (Wildman–Crippen LogP) is 0.744. The Kier molecular flexibility index (Phi) is 1.95. The number of hydrogen-bond acceptors (Lipinski definition) is 3. The van der Waals surface area contributed by atoms with Crippen molar-refractivity contribution >= 4 is 5.95 Å². The van der Waals surface area contributed by atoms with Crippen molar-refractivity contribution in [2.45, 2.75) is 6.54 Å². The Balaban J connectivity index is 1.97. The Labute approximate surface area is 75.0 Å². The van der Waals surface area contributed by atoms with E-state index in [4.69, 9.17) is 0 Å². The summed E-state index contributed by atoms with van der Waals surface area (Å²) >= 11 is 0. The maximum absolute atomic E-state index is 4.13. The standard InChI is InChI=1S/C7H9N6/c1-13-4-2-3-6(13)5-8-7-9-11-12-10-7/h2-4H,5H2,1H3,(H-,8,9,10,11,12)/q-1. The first-order valence-corrected chi connectivity index (χ1v) is 3.87. The average Bonchev–Trinajstić information content (AvgIpc) is 2.72. The SMILES string of the molecule is Cn1cccc1C[N-]c1nn[nH]n1. The van der Waals surface area contributed by atoms with Gasteiger partial charge in [0.1, 0.15) is 0 Å². The highest BCUT2D eigenvalue weighted by Gasteiger charge is 1.93. The predicted molar refractivity (Wildman–Crippen MR) is 46.3 cm³/mol. The van der Waals surface area contributed by atoms with Crippen LogP contribution in [0.3, 0.4) is 0 Å². The molecule has 13 heavy (non-hydrogen) atoms. The van der Waals surface area contributed by atoms with Gasteiger partial charge < -0.3 is 9.88 Å². The molecular formula is C7H9N6-. The number of hydrogen-bond donors (Lipinski definition) is 1. The third-order valence-electron chi connectivity index (χ3n) is 1.77. The van der Waals surface area contributed by atoms with E-state index in [0.717, 1.165) is 5.69 Å². The van der Waals surface area contributed by atoms with Crippen LogP contribution in [0, 0.1) is 0 Å². The molecule has 0 aliphatic heterocycles. The van der Waals surface area contributed by atoms with E-state index < -0.39 is 0 Å². The van der Waals surface area contributed by atoms with Crippen LogP contribution in [-0.4, -0.2) is 25.2 Å². The second-order valence-corrected chi connectivity index (χ2v) is 2.64. The number of nitrogens with one attached hydrogen (secondary N) is 1. The second kappa shape index (κ2) is 3.26. The molecule has 0 unspecified atom stereocenters. The van der Waals surface area contributed by atoms with Crippen molar-refractivity contribution in [2.24, 2.45) is 7.05 Å². The largest absolute Gasteiger partial charge is 0.385 e. The lowest BCUT2D eigenvalue weighted by Crippen LogP contribution is -1.93. The second-order valence-electron chi connectivity index (χ2n) is 2.64. The summed E-state index contributed by atoms with van der Waals surface area (Å²) in [6.45, 7) is 0.572. The monoisotopic (exact) mass is 177 g/mol. The summed E-state index contributed by atoms with van der Waals surface area (Å²) in [4.78, 5) is 0. The van der Waals surface area contributed by atoms with Gasteiger partial charge in [-0.25, -0.2) is 0 Å². The molecule has 2 heterocycles. The summed E-state index contributed by atoms with van der Waals surface area (Å²) < 4.78 is 2.00. The lowest BCUT2D eigenvalue weighted by Gasteiger charge is -2.07. The lowest BCUT2D eigenvalue weighted by molar-refractivity contribution is 0.849. The maximum Gasteiger partial charge on any atom is 0.0617 e. The van der Waals surface area contributed by atoms with Crippen LogP contribution < -0.4 is 0 Å². The van der Waals surface area contributed by atoms with E-state index in [9.17, 15) is 0 Å². The van der Waals surface area contributed by atoms with Crippen molar-refractivity contribution in [3.63, 3.8) is 0 Å². The summed E-state index contributed by atoms with van der Waals surface area (Å²) in [5.41, 5.74) is 1.12. The van der Waals surface area contributed by atoms with Gasteiger partial charge >= 0.3 is 0 Å². The smallest absolute Gasteiger partial charge is 0.0617 e. The third-order valence-corrected chi connectivity index (χ3v) is 1.77. The summed E-state index contributed by atoms with van der Waals surface area (Å²) in [5.74, 6) is 0.390. The number of aromatic nitrogens is 5. The molecule has 0 radical (unpaired) electrons. The fraction of sp³-hybridized carbons (Fsp3) is 0.286. The molecule has 6 heteroatoms. The van der Waals surface area contributed by atoms with Gasteiger partial charge in [0.25, 0.3) is 0 Å². The Hall–Kier alpha value is -1.85. The van der Waals surface area contributed by atoms with Gasteiger partial charge in [-0.1, -0.05) is 0 Å². The highest BCUT2D eigenvalue weighted by Crippen LogP contribution is 2.13. The van der Waals surface area contributed by atoms with Crippen molar-refractivity contribution in [3.8, 4) is 0 Å². The first kappa shape index (κ1) is 7.78. The number of aryl methyl sites for hydroxylation is 1. The molecule has 2 aromatic rings. The van der Waals surface area contributed by atoms with E-state index in [0.29, 0.717) is 12.5 Å². The molecule has 0 spiro atoms. The van der Waals surface area contributed by atoms with Crippen LogP contribution in [0.5, 0.6) is 0 Å². The first-order chi connectivity index (χ1) is 6.36. The minimum absolute atomic E-state index is 0.390. The topological polar surface area (TPSA) is 73.5 Å². The zero-order valence-corrected chi connectivity index (χ0v) is 7.18. The van der Waals surface area contributed by atoms with Crippen molar-refractivity contribution in [1.29, 1.82) is 0 Å². The molecule has 1 N–H and O–H groups in total.